The molecule has 4 N–H and O–H groups in total. The Kier molecular flexibility index (Phi) is 2.53. The molecule has 0 aliphatic carbocycles. The standard InChI is InChI=1S/C11H12N2O2/c12-6-10(15)7-3-4-9(14)11-8(7)2-1-5-13-11/h1-5,10,14-15H,6,12H2/t10-/m0/s1. The average Bonchev–Trinajstić information content (AvgIpc) is 2.29. The van der Waals surface area contributed by atoms with E-state index in [2.05, 4.69) is 4.98 Å². The molecule has 15 heavy (non-hydrogen) atoms. The van der Waals surface area contributed by atoms with Crippen molar-refractivity contribution in [1.29, 1.82) is 0 Å². The zero-order chi connectivity index (χ0) is 10.8. The van der Waals surface area contributed by atoms with Gasteiger partial charge in [-0.1, -0.05) is 12.1 Å². The van der Waals surface area contributed by atoms with Crippen molar-refractivity contribution in [2.45, 2.75) is 6.10 Å². The monoisotopic (exact) mass is 204 g/mol. The van der Waals surface area contributed by atoms with Crippen LogP contribution in [0.1, 0.15) is 11.7 Å². The number of nitrogens with zero attached hydrogens (tertiary/aromatic N) is 1. The fourth-order valence-corrected chi connectivity index (χ4v) is 1.60. The molecule has 4 heteroatoms. The van der Waals surface area contributed by atoms with E-state index in [1.165, 1.54) is 6.07 Å². The lowest BCUT2D eigenvalue weighted by atomic mass is 10.0. The van der Waals surface area contributed by atoms with Gasteiger partial charge in [-0.05, 0) is 17.7 Å². The highest BCUT2D eigenvalue weighted by Gasteiger charge is 2.11. The number of aromatic nitrogens is 1. The molecule has 2 rings (SSSR count). The number of hydrogen-bond donors (Lipinski definition) is 3. The molecule has 0 bridgehead atoms. The zero-order valence-electron chi connectivity index (χ0n) is 8.09. The molecule has 0 fully saturated rings. The summed E-state index contributed by atoms with van der Waals surface area (Å²) in [6, 6.07) is 6.74. The summed E-state index contributed by atoms with van der Waals surface area (Å²) >= 11 is 0. The molecule has 0 amide bonds. The number of aromatic hydroxyl groups is 1. The fraction of sp³-hybridized carbons (Fsp3) is 0.182. The lowest BCUT2D eigenvalue weighted by molar-refractivity contribution is 0.188. The molecule has 78 valence electrons. The van der Waals surface area contributed by atoms with Gasteiger partial charge in [0.05, 0.1) is 6.10 Å². The smallest absolute Gasteiger partial charge is 0.141 e. The van der Waals surface area contributed by atoms with Crippen LogP contribution in [-0.4, -0.2) is 21.7 Å². The molecule has 0 aliphatic heterocycles. The van der Waals surface area contributed by atoms with E-state index in [9.17, 15) is 10.2 Å². The number of aliphatic hydroxyl groups excluding tert-OH is 1. The molecule has 0 saturated carbocycles. The quantitative estimate of drug-likeness (QED) is 0.680. The minimum atomic E-state index is -0.725. The van der Waals surface area contributed by atoms with Gasteiger partial charge in [0.1, 0.15) is 11.3 Å². The van der Waals surface area contributed by atoms with Crippen LogP contribution in [0.5, 0.6) is 5.75 Å². The second kappa shape index (κ2) is 3.84. The first-order valence-electron chi connectivity index (χ1n) is 4.68. The van der Waals surface area contributed by atoms with E-state index in [4.69, 9.17) is 5.73 Å². The molecule has 0 aliphatic rings. The Bertz CT molecular complexity index is 485. The maximum atomic E-state index is 9.68. The van der Waals surface area contributed by atoms with E-state index in [0.717, 1.165) is 5.39 Å². The third kappa shape index (κ3) is 1.65. The first kappa shape index (κ1) is 9.89. The van der Waals surface area contributed by atoms with Gasteiger partial charge >= 0.3 is 0 Å². The topological polar surface area (TPSA) is 79.4 Å². The molecule has 2 aromatic rings. The predicted octanol–water partition coefficient (Wildman–Crippen LogP) is 0.932. The molecule has 4 nitrogen and oxygen atoms in total. The first-order chi connectivity index (χ1) is 7.24. The summed E-state index contributed by atoms with van der Waals surface area (Å²) < 4.78 is 0. The van der Waals surface area contributed by atoms with E-state index < -0.39 is 6.10 Å². The number of fused-ring (bicyclic) bond motifs is 1. The van der Waals surface area contributed by atoms with Gasteiger partial charge in [-0.2, -0.15) is 0 Å². The second-order valence-electron chi connectivity index (χ2n) is 3.32. The van der Waals surface area contributed by atoms with Gasteiger partial charge in [-0.25, -0.2) is 0 Å². The fourth-order valence-electron chi connectivity index (χ4n) is 1.60. The third-order valence-corrected chi connectivity index (χ3v) is 2.36. The molecule has 0 unspecified atom stereocenters. The molecule has 0 radical (unpaired) electrons. The molecule has 1 aromatic carbocycles. The minimum Gasteiger partial charge on any atom is -0.506 e. The SMILES string of the molecule is NC[C@H](O)c1ccc(O)c2ncccc12. The van der Waals surface area contributed by atoms with Crippen LogP contribution in [0, 0.1) is 0 Å². The number of rotatable bonds is 2. The Balaban J connectivity index is 2.71. The Hall–Kier alpha value is -1.65. The van der Waals surface area contributed by atoms with Gasteiger partial charge in [0.15, 0.2) is 0 Å². The Morgan fingerprint density at radius 2 is 2.13 bits per heavy atom. The largest absolute Gasteiger partial charge is 0.506 e. The number of pyridine rings is 1. The number of aliphatic hydroxyl groups is 1. The number of hydrogen-bond acceptors (Lipinski definition) is 4. The summed E-state index contributed by atoms with van der Waals surface area (Å²) in [7, 11) is 0. The Morgan fingerprint density at radius 3 is 2.87 bits per heavy atom. The molecule has 1 heterocycles. The van der Waals surface area contributed by atoms with Crippen molar-refractivity contribution in [3.05, 3.63) is 36.0 Å². The van der Waals surface area contributed by atoms with E-state index in [-0.39, 0.29) is 12.3 Å². The van der Waals surface area contributed by atoms with Crippen LogP contribution in [0.4, 0.5) is 0 Å². The summed E-state index contributed by atoms with van der Waals surface area (Å²) in [5.74, 6) is 0.110. The van der Waals surface area contributed by atoms with Gasteiger partial charge in [0, 0.05) is 18.1 Å². The normalized spacial score (nSPS) is 12.9. The van der Waals surface area contributed by atoms with E-state index in [1.807, 2.05) is 0 Å². The van der Waals surface area contributed by atoms with Crippen molar-refractivity contribution in [2.75, 3.05) is 6.54 Å². The lowest BCUT2D eigenvalue weighted by Gasteiger charge is -2.11. The van der Waals surface area contributed by atoms with Crippen molar-refractivity contribution in [3.63, 3.8) is 0 Å². The maximum Gasteiger partial charge on any atom is 0.141 e. The van der Waals surface area contributed by atoms with Crippen LogP contribution in [0.25, 0.3) is 10.9 Å². The van der Waals surface area contributed by atoms with E-state index in [0.29, 0.717) is 11.1 Å². The van der Waals surface area contributed by atoms with Gasteiger partial charge in [0.2, 0.25) is 0 Å². The van der Waals surface area contributed by atoms with Crippen molar-refractivity contribution in [2.24, 2.45) is 5.73 Å². The predicted molar refractivity (Wildman–Crippen MR) is 57.4 cm³/mol. The maximum absolute atomic E-state index is 9.68. The van der Waals surface area contributed by atoms with Gasteiger partial charge in [0.25, 0.3) is 0 Å². The zero-order valence-corrected chi connectivity index (χ0v) is 8.09. The van der Waals surface area contributed by atoms with E-state index in [1.54, 1.807) is 24.4 Å². The molecular formula is C11H12N2O2. The highest BCUT2D eigenvalue weighted by atomic mass is 16.3. The third-order valence-electron chi connectivity index (χ3n) is 2.36. The molecular weight excluding hydrogens is 192 g/mol. The summed E-state index contributed by atoms with van der Waals surface area (Å²) in [4.78, 5) is 4.06. The van der Waals surface area contributed by atoms with Crippen LogP contribution < -0.4 is 5.73 Å². The molecule has 1 aromatic heterocycles. The van der Waals surface area contributed by atoms with Crippen LogP contribution in [0.3, 0.4) is 0 Å². The molecule has 0 spiro atoms. The number of benzene rings is 1. The van der Waals surface area contributed by atoms with Crippen LogP contribution in [-0.2, 0) is 0 Å². The summed E-state index contributed by atoms with van der Waals surface area (Å²) in [6.07, 6.45) is 0.873. The van der Waals surface area contributed by atoms with Crippen LogP contribution >= 0.6 is 0 Å². The van der Waals surface area contributed by atoms with Gasteiger partial charge in [-0.15, -0.1) is 0 Å². The summed E-state index contributed by atoms with van der Waals surface area (Å²) in [5, 5.41) is 20.0. The number of phenols is 1. The highest BCUT2D eigenvalue weighted by molar-refractivity contribution is 5.87. The highest BCUT2D eigenvalue weighted by Crippen LogP contribution is 2.28. The Morgan fingerprint density at radius 1 is 1.33 bits per heavy atom. The van der Waals surface area contributed by atoms with Crippen molar-refractivity contribution in [3.8, 4) is 5.75 Å². The van der Waals surface area contributed by atoms with Crippen molar-refractivity contribution in [1.82, 2.24) is 4.98 Å². The Labute approximate surface area is 87.0 Å². The van der Waals surface area contributed by atoms with Gasteiger partial charge < -0.3 is 15.9 Å². The average molecular weight is 204 g/mol. The van der Waals surface area contributed by atoms with Crippen molar-refractivity contribution >= 4 is 10.9 Å². The summed E-state index contributed by atoms with van der Waals surface area (Å²) in [5.41, 5.74) is 6.58. The minimum absolute atomic E-state index is 0.110. The number of phenolic OH excluding ortho intramolecular Hbond substituents is 1. The second-order valence-corrected chi connectivity index (χ2v) is 3.32. The van der Waals surface area contributed by atoms with Crippen LogP contribution in [0.2, 0.25) is 0 Å². The number of nitrogens with two attached hydrogens (primary N) is 1. The molecule has 1 atom stereocenters. The first-order valence-corrected chi connectivity index (χ1v) is 4.68. The van der Waals surface area contributed by atoms with E-state index >= 15 is 0 Å². The molecule has 0 saturated heterocycles. The van der Waals surface area contributed by atoms with Crippen LogP contribution in [0.15, 0.2) is 30.5 Å². The lowest BCUT2D eigenvalue weighted by Crippen LogP contribution is -2.11. The van der Waals surface area contributed by atoms with Gasteiger partial charge in [-0.3, -0.25) is 4.98 Å². The summed E-state index contributed by atoms with van der Waals surface area (Å²) in [6.45, 7) is 0.148. The van der Waals surface area contributed by atoms with Crippen molar-refractivity contribution < 1.29 is 10.2 Å².